The number of carboxylic acids is 1. The van der Waals surface area contributed by atoms with E-state index in [2.05, 4.69) is 0 Å². The van der Waals surface area contributed by atoms with Gasteiger partial charge in [0.25, 0.3) is 0 Å². The first kappa shape index (κ1) is 12.0. The van der Waals surface area contributed by atoms with Gasteiger partial charge >= 0.3 is 11.9 Å². The van der Waals surface area contributed by atoms with Gasteiger partial charge in [0.1, 0.15) is 0 Å². The second-order valence-electron chi connectivity index (χ2n) is 3.69. The fourth-order valence-corrected chi connectivity index (χ4v) is 1.73. The van der Waals surface area contributed by atoms with Gasteiger partial charge in [0.15, 0.2) is 0 Å². The molecule has 15 heavy (non-hydrogen) atoms. The molecule has 1 saturated heterocycles. The molecule has 0 saturated carbocycles. The van der Waals surface area contributed by atoms with Crippen LogP contribution < -0.4 is 0 Å². The minimum Gasteiger partial charge on any atom is -0.481 e. The number of aliphatic carboxylic acids is 1. The predicted molar refractivity (Wildman–Crippen MR) is 53.4 cm³/mol. The molecule has 0 unspecified atom stereocenters. The van der Waals surface area contributed by atoms with Crippen molar-refractivity contribution in [2.45, 2.75) is 19.8 Å². The van der Waals surface area contributed by atoms with Crippen LogP contribution >= 0.6 is 0 Å². The average molecular weight is 215 g/mol. The van der Waals surface area contributed by atoms with Gasteiger partial charge in [0.05, 0.1) is 19.1 Å². The van der Waals surface area contributed by atoms with Crippen LogP contribution in [0.2, 0.25) is 0 Å². The van der Waals surface area contributed by atoms with Gasteiger partial charge in [-0.15, -0.1) is 0 Å². The van der Waals surface area contributed by atoms with Crippen LogP contribution in [0, 0.1) is 5.92 Å². The van der Waals surface area contributed by atoms with Crippen LogP contribution in [0.5, 0.6) is 0 Å². The van der Waals surface area contributed by atoms with Crippen LogP contribution in [0.1, 0.15) is 19.8 Å². The Hall–Kier alpha value is -1.10. The van der Waals surface area contributed by atoms with Crippen LogP contribution in [0.3, 0.4) is 0 Å². The third-order valence-electron chi connectivity index (χ3n) is 2.59. The van der Waals surface area contributed by atoms with E-state index in [0.717, 1.165) is 0 Å². The molecule has 0 spiro atoms. The van der Waals surface area contributed by atoms with Gasteiger partial charge in [-0.1, -0.05) is 0 Å². The Kier molecular flexibility index (Phi) is 4.55. The number of rotatable bonds is 4. The maximum atomic E-state index is 11.1. The summed E-state index contributed by atoms with van der Waals surface area (Å²) in [5.41, 5.74) is 0. The topological polar surface area (TPSA) is 66.8 Å². The Balaban J connectivity index is 2.25. The SMILES string of the molecule is CCOC(=O)CN1CCC(C(=O)O)CC1. The van der Waals surface area contributed by atoms with E-state index in [4.69, 9.17) is 9.84 Å². The second kappa shape index (κ2) is 5.70. The summed E-state index contributed by atoms with van der Waals surface area (Å²) in [5.74, 6) is -1.21. The standard InChI is InChI=1S/C10H17NO4/c1-2-15-9(12)7-11-5-3-8(4-6-11)10(13)14/h8H,2-7H2,1H3,(H,13,14). The fraction of sp³-hybridized carbons (Fsp3) is 0.800. The van der Waals surface area contributed by atoms with Gasteiger partial charge < -0.3 is 9.84 Å². The summed E-state index contributed by atoms with van der Waals surface area (Å²) in [6.07, 6.45) is 1.24. The van der Waals surface area contributed by atoms with Crippen molar-refractivity contribution in [3.63, 3.8) is 0 Å². The van der Waals surface area contributed by atoms with E-state index in [1.807, 2.05) is 4.90 Å². The van der Waals surface area contributed by atoms with Crippen molar-refractivity contribution < 1.29 is 19.4 Å². The summed E-state index contributed by atoms with van der Waals surface area (Å²) in [6, 6.07) is 0. The molecule has 5 heteroatoms. The predicted octanol–water partition coefficient (Wildman–Crippen LogP) is 0.346. The highest BCUT2D eigenvalue weighted by molar-refractivity contribution is 5.72. The zero-order valence-electron chi connectivity index (χ0n) is 8.94. The van der Waals surface area contributed by atoms with Gasteiger partial charge in [-0.25, -0.2) is 0 Å². The van der Waals surface area contributed by atoms with Gasteiger partial charge in [0.2, 0.25) is 0 Å². The third-order valence-corrected chi connectivity index (χ3v) is 2.59. The summed E-state index contributed by atoms with van der Waals surface area (Å²) in [6.45, 7) is 3.77. The molecule has 0 aromatic carbocycles. The van der Waals surface area contributed by atoms with E-state index in [1.54, 1.807) is 6.92 Å². The van der Waals surface area contributed by atoms with Gasteiger partial charge in [0, 0.05) is 0 Å². The molecule has 0 amide bonds. The molecule has 0 aromatic heterocycles. The molecule has 0 atom stereocenters. The van der Waals surface area contributed by atoms with Gasteiger partial charge in [-0.2, -0.15) is 0 Å². The van der Waals surface area contributed by atoms with Crippen LogP contribution in [-0.2, 0) is 14.3 Å². The Morgan fingerprint density at radius 1 is 1.40 bits per heavy atom. The van der Waals surface area contributed by atoms with E-state index in [0.29, 0.717) is 32.5 Å². The smallest absolute Gasteiger partial charge is 0.320 e. The van der Waals surface area contributed by atoms with Crippen LogP contribution in [0.4, 0.5) is 0 Å². The minimum atomic E-state index is -0.731. The first-order chi connectivity index (χ1) is 7.13. The molecule has 86 valence electrons. The number of nitrogens with zero attached hydrogens (tertiary/aromatic N) is 1. The lowest BCUT2D eigenvalue weighted by atomic mass is 9.97. The van der Waals surface area contributed by atoms with E-state index < -0.39 is 5.97 Å². The molecular weight excluding hydrogens is 198 g/mol. The van der Waals surface area contributed by atoms with E-state index >= 15 is 0 Å². The molecule has 0 aromatic rings. The largest absolute Gasteiger partial charge is 0.481 e. The van der Waals surface area contributed by atoms with E-state index in [9.17, 15) is 9.59 Å². The van der Waals surface area contributed by atoms with E-state index in [1.165, 1.54) is 0 Å². The molecule has 1 aliphatic rings. The molecule has 5 nitrogen and oxygen atoms in total. The number of likely N-dealkylation sites (tertiary alicyclic amines) is 1. The Morgan fingerprint density at radius 3 is 2.47 bits per heavy atom. The average Bonchev–Trinajstić information content (AvgIpc) is 2.18. The minimum absolute atomic E-state index is 0.230. The Labute approximate surface area is 89.0 Å². The number of piperidine rings is 1. The number of hydrogen-bond donors (Lipinski definition) is 1. The number of carbonyl (C=O) groups is 2. The van der Waals surface area contributed by atoms with Crippen LogP contribution in [0.15, 0.2) is 0 Å². The highest BCUT2D eigenvalue weighted by Crippen LogP contribution is 2.16. The van der Waals surface area contributed by atoms with Crippen molar-refractivity contribution in [2.75, 3.05) is 26.2 Å². The van der Waals surface area contributed by atoms with Gasteiger partial charge in [-0.3, -0.25) is 14.5 Å². The summed E-state index contributed by atoms with van der Waals surface area (Å²) in [5, 5.41) is 8.78. The molecule has 1 rings (SSSR count). The number of carbonyl (C=O) groups excluding carboxylic acids is 1. The lowest BCUT2D eigenvalue weighted by Crippen LogP contribution is -2.39. The highest BCUT2D eigenvalue weighted by atomic mass is 16.5. The molecule has 0 aliphatic carbocycles. The summed E-state index contributed by atoms with van der Waals surface area (Å²) in [7, 11) is 0. The number of esters is 1. The maximum absolute atomic E-state index is 11.1. The number of ether oxygens (including phenoxy) is 1. The third kappa shape index (κ3) is 3.87. The van der Waals surface area contributed by atoms with Gasteiger partial charge in [-0.05, 0) is 32.9 Å². The Bertz CT molecular complexity index is 234. The van der Waals surface area contributed by atoms with Crippen LogP contribution in [-0.4, -0.2) is 48.2 Å². The van der Waals surface area contributed by atoms with Crippen molar-refractivity contribution >= 4 is 11.9 Å². The second-order valence-corrected chi connectivity index (χ2v) is 3.69. The molecule has 0 radical (unpaired) electrons. The molecular formula is C10H17NO4. The summed E-state index contributed by atoms with van der Waals surface area (Å²) in [4.78, 5) is 23.8. The Morgan fingerprint density at radius 2 is 2.00 bits per heavy atom. The molecule has 0 bridgehead atoms. The van der Waals surface area contributed by atoms with Crippen LogP contribution in [0.25, 0.3) is 0 Å². The lowest BCUT2D eigenvalue weighted by Gasteiger charge is -2.28. The lowest BCUT2D eigenvalue weighted by molar-refractivity contribution is -0.145. The van der Waals surface area contributed by atoms with Crippen molar-refractivity contribution in [2.24, 2.45) is 5.92 Å². The quantitative estimate of drug-likeness (QED) is 0.685. The fourth-order valence-electron chi connectivity index (χ4n) is 1.73. The summed E-state index contributed by atoms with van der Waals surface area (Å²) < 4.78 is 4.82. The molecule has 1 heterocycles. The molecule has 1 N–H and O–H groups in total. The van der Waals surface area contributed by atoms with Crippen molar-refractivity contribution in [1.82, 2.24) is 4.90 Å². The zero-order valence-corrected chi connectivity index (χ0v) is 8.94. The van der Waals surface area contributed by atoms with Crippen molar-refractivity contribution in [1.29, 1.82) is 0 Å². The summed E-state index contributed by atoms with van der Waals surface area (Å²) >= 11 is 0. The van der Waals surface area contributed by atoms with Crippen molar-refractivity contribution in [3.05, 3.63) is 0 Å². The van der Waals surface area contributed by atoms with E-state index in [-0.39, 0.29) is 18.4 Å². The molecule has 1 fully saturated rings. The number of carboxylic acid groups (broad SMARTS) is 1. The highest BCUT2D eigenvalue weighted by Gasteiger charge is 2.25. The first-order valence-corrected chi connectivity index (χ1v) is 5.24. The maximum Gasteiger partial charge on any atom is 0.320 e. The first-order valence-electron chi connectivity index (χ1n) is 5.24. The zero-order chi connectivity index (χ0) is 11.3. The van der Waals surface area contributed by atoms with Crippen molar-refractivity contribution in [3.8, 4) is 0 Å². The molecule has 1 aliphatic heterocycles. The normalized spacial score (nSPS) is 18.7. The number of hydrogen-bond acceptors (Lipinski definition) is 4. The monoisotopic (exact) mass is 215 g/mol.